The normalized spacial score (nSPS) is 10.8. The van der Waals surface area contributed by atoms with Crippen molar-refractivity contribution < 1.29 is 4.74 Å². The van der Waals surface area contributed by atoms with Gasteiger partial charge in [0.2, 0.25) is 5.88 Å². The summed E-state index contributed by atoms with van der Waals surface area (Å²) in [6, 6.07) is 14.0. The van der Waals surface area contributed by atoms with Crippen LogP contribution in [0.25, 0.3) is 0 Å². The van der Waals surface area contributed by atoms with Crippen molar-refractivity contribution in [2.24, 2.45) is 0 Å². The highest BCUT2D eigenvalue weighted by Gasteiger charge is 2.08. The molecule has 1 aromatic carbocycles. The van der Waals surface area contributed by atoms with Gasteiger partial charge < -0.3 is 10.1 Å². The number of ether oxygens (including phenoxy) is 1. The van der Waals surface area contributed by atoms with E-state index in [2.05, 4.69) is 37.1 Å². The van der Waals surface area contributed by atoms with E-state index >= 15 is 0 Å². The molecule has 20 heavy (non-hydrogen) atoms. The maximum Gasteiger partial charge on any atom is 0.219 e. The number of hydrogen-bond acceptors (Lipinski definition) is 3. The molecule has 2 rings (SSSR count). The highest BCUT2D eigenvalue weighted by Crippen LogP contribution is 2.29. The van der Waals surface area contributed by atoms with Crippen LogP contribution in [0.5, 0.6) is 11.6 Å². The second-order valence-electron chi connectivity index (χ2n) is 5.04. The highest BCUT2D eigenvalue weighted by atomic mass is 16.5. The van der Waals surface area contributed by atoms with Gasteiger partial charge in [-0.15, -0.1) is 0 Å². The van der Waals surface area contributed by atoms with Crippen molar-refractivity contribution in [2.45, 2.75) is 33.2 Å². The van der Waals surface area contributed by atoms with Crippen LogP contribution in [0.3, 0.4) is 0 Å². The Morgan fingerprint density at radius 1 is 1.10 bits per heavy atom. The first kappa shape index (κ1) is 14.5. The number of hydrogen-bond donors (Lipinski definition) is 1. The van der Waals surface area contributed by atoms with Gasteiger partial charge in [-0.05, 0) is 30.2 Å². The number of para-hydroxylation sites is 1. The van der Waals surface area contributed by atoms with Crippen LogP contribution in [0.1, 0.15) is 37.9 Å². The molecule has 3 heteroatoms. The number of aromatic nitrogens is 1. The van der Waals surface area contributed by atoms with E-state index in [1.165, 1.54) is 5.56 Å². The average Bonchev–Trinajstić information content (AvgIpc) is 2.46. The first-order valence-electron chi connectivity index (χ1n) is 7.14. The summed E-state index contributed by atoms with van der Waals surface area (Å²) in [5, 5.41) is 3.27. The van der Waals surface area contributed by atoms with E-state index in [0.29, 0.717) is 11.8 Å². The molecule has 1 N–H and O–H groups in total. The van der Waals surface area contributed by atoms with E-state index in [1.807, 2.05) is 36.4 Å². The van der Waals surface area contributed by atoms with Gasteiger partial charge in [0.25, 0.3) is 0 Å². The summed E-state index contributed by atoms with van der Waals surface area (Å²) >= 11 is 0. The number of nitrogens with one attached hydrogen (secondary N) is 1. The summed E-state index contributed by atoms with van der Waals surface area (Å²) in [6.45, 7) is 8.11. The molecule has 0 aliphatic carbocycles. The molecule has 0 saturated heterocycles. The highest BCUT2D eigenvalue weighted by molar-refractivity contribution is 5.38. The van der Waals surface area contributed by atoms with Crippen LogP contribution < -0.4 is 10.1 Å². The first-order valence-corrected chi connectivity index (χ1v) is 7.14. The fraction of sp³-hybridized carbons (Fsp3) is 0.353. The molecule has 0 amide bonds. The quantitative estimate of drug-likeness (QED) is 0.857. The topological polar surface area (TPSA) is 34.1 Å². The van der Waals surface area contributed by atoms with Crippen molar-refractivity contribution in [1.29, 1.82) is 0 Å². The molecule has 1 aromatic heterocycles. The maximum atomic E-state index is 5.95. The van der Waals surface area contributed by atoms with Gasteiger partial charge in [0.1, 0.15) is 5.75 Å². The predicted molar refractivity (Wildman–Crippen MR) is 82.2 cm³/mol. The Hall–Kier alpha value is -1.87. The van der Waals surface area contributed by atoms with Crippen molar-refractivity contribution in [1.82, 2.24) is 10.3 Å². The van der Waals surface area contributed by atoms with Crippen LogP contribution in [0.4, 0.5) is 0 Å². The van der Waals surface area contributed by atoms with Crippen LogP contribution in [-0.2, 0) is 6.54 Å². The van der Waals surface area contributed by atoms with Crippen LogP contribution in [0, 0.1) is 0 Å². The third-order valence-corrected chi connectivity index (χ3v) is 3.09. The third kappa shape index (κ3) is 3.81. The zero-order valence-corrected chi connectivity index (χ0v) is 12.4. The van der Waals surface area contributed by atoms with Gasteiger partial charge in [-0.25, -0.2) is 4.98 Å². The fourth-order valence-electron chi connectivity index (χ4n) is 2.03. The Balaban J connectivity index is 2.17. The van der Waals surface area contributed by atoms with Gasteiger partial charge in [-0.1, -0.05) is 45.0 Å². The van der Waals surface area contributed by atoms with E-state index in [-0.39, 0.29) is 0 Å². The predicted octanol–water partition coefficient (Wildman–Crippen LogP) is 4.11. The molecule has 0 aliphatic rings. The molecule has 3 nitrogen and oxygen atoms in total. The van der Waals surface area contributed by atoms with Gasteiger partial charge in [0.15, 0.2) is 0 Å². The van der Waals surface area contributed by atoms with Crippen molar-refractivity contribution in [3.05, 3.63) is 53.7 Å². The summed E-state index contributed by atoms with van der Waals surface area (Å²) in [5.41, 5.74) is 2.19. The molecule has 2 aromatic rings. The van der Waals surface area contributed by atoms with Crippen LogP contribution in [0.2, 0.25) is 0 Å². The zero-order chi connectivity index (χ0) is 14.4. The smallest absolute Gasteiger partial charge is 0.219 e. The Bertz CT molecular complexity index is 552. The molecule has 0 spiro atoms. The molecule has 0 aliphatic heterocycles. The second-order valence-corrected chi connectivity index (χ2v) is 5.04. The molecule has 0 bridgehead atoms. The SMILES string of the molecule is CCNCc1cccc(Oc2ccccc2C(C)C)n1. The van der Waals surface area contributed by atoms with Gasteiger partial charge in [-0.3, -0.25) is 0 Å². The lowest BCUT2D eigenvalue weighted by molar-refractivity contribution is 0.451. The Morgan fingerprint density at radius 2 is 1.90 bits per heavy atom. The Kier molecular flexibility index (Phi) is 5.13. The minimum Gasteiger partial charge on any atom is -0.439 e. The summed E-state index contributed by atoms with van der Waals surface area (Å²) < 4.78 is 5.95. The summed E-state index contributed by atoms with van der Waals surface area (Å²) in [5.74, 6) is 1.96. The monoisotopic (exact) mass is 270 g/mol. The lowest BCUT2D eigenvalue weighted by Crippen LogP contribution is -2.12. The molecule has 0 fully saturated rings. The molecule has 1 heterocycles. The van der Waals surface area contributed by atoms with E-state index in [0.717, 1.165) is 24.5 Å². The number of benzene rings is 1. The second kappa shape index (κ2) is 7.06. The van der Waals surface area contributed by atoms with E-state index < -0.39 is 0 Å². The lowest BCUT2D eigenvalue weighted by Gasteiger charge is -2.13. The Morgan fingerprint density at radius 3 is 2.65 bits per heavy atom. The minimum atomic E-state index is 0.427. The molecular weight excluding hydrogens is 248 g/mol. The van der Waals surface area contributed by atoms with Gasteiger partial charge in [-0.2, -0.15) is 0 Å². The molecule has 106 valence electrons. The van der Waals surface area contributed by atoms with Crippen LogP contribution >= 0.6 is 0 Å². The van der Waals surface area contributed by atoms with Crippen molar-refractivity contribution >= 4 is 0 Å². The minimum absolute atomic E-state index is 0.427. The number of nitrogens with zero attached hydrogens (tertiary/aromatic N) is 1. The van der Waals surface area contributed by atoms with Gasteiger partial charge in [0, 0.05) is 12.6 Å². The molecule has 0 saturated carbocycles. The zero-order valence-electron chi connectivity index (χ0n) is 12.4. The molecule has 0 atom stereocenters. The lowest BCUT2D eigenvalue weighted by atomic mass is 10.0. The van der Waals surface area contributed by atoms with Gasteiger partial charge in [0.05, 0.1) is 5.69 Å². The largest absolute Gasteiger partial charge is 0.439 e. The van der Waals surface area contributed by atoms with Gasteiger partial charge >= 0.3 is 0 Å². The molecule has 0 unspecified atom stereocenters. The summed E-state index contributed by atoms with van der Waals surface area (Å²) in [4.78, 5) is 4.52. The van der Waals surface area contributed by atoms with E-state index in [4.69, 9.17) is 4.74 Å². The van der Waals surface area contributed by atoms with Crippen molar-refractivity contribution in [3.63, 3.8) is 0 Å². The number of rotatable bonds is 6. The van der Waals surface area contributed by atoms with Crippen LogP contribution in [-0.4, -0.2) is 11.5 Å². The van der Waals surface area contributed by atoms with E-state index in [9.17, 15) is 0 Å². The average molecular weight is 270 g/mol. The van der Waals surface area contributed by atoms with Crippen molar-refractivity contribution in [2.75, 3.05) is 6.54 Å². The summed E-state index contributed by atoms with van der Waals surface area (Å²) in [7, 11) is 0. The van der Waals surface area contributed by atoms with E-state index in [1.54, 1.807) is 0 Å². The van der Waals surface area contributed by atoms with Crippen LogP contribution in [0.15, 0.2) is 42.5 Å². The summed E-state index contributed by atoms with van der Waals surface area (Å²) in [6.07, 6.45) is 0. The number of pyridine rings is 1. The maximum absolute atomic E-state index is 5.95. The molecular formula is C17H22N2O. The standard InChI is InChI=1S/C17H22N2O/c1-4-18-12-14-8-7-11-17(19-14)20-16-10-6-5-9-15(16)13(2)3/h5-11,13,18H,4,12H2,1-3H3. The Labute approximate surface area is 121 Å². The van der Waals surface area contributed by atoms with Crippen molar-refractivity contribution in [3.8, 4) is 11.6 Å². The first-order chi connectivity index (χ1) is 9.70. The fourth-order valence-corrected chi connectivity index (χ4v) is 2.03. The molecule has 0 radical (unpaired) electrons. The third-order valence-electron chi connectivity index (χ3n) is 3.09.